The van der Waals surface area contributed by atoms with Crippen LogP contribution in [0.1, 0.15) is 11.1 Å². The second-order valence-electron chi connectivity index (χ2n) is 6.10. The van der Waals surface area contributed by atoms with Gasteiger partial charge in [-0.2, -0.15) is 11.3 Å². The summed E-state index contributed by atoms with van der Waals surface area (Å²) in [6.07, 6.45) is 0. The van der Waals surface area contributed by atoms with E-state index in [-0.39, 0.29) is 5.56 Å². The van der Waals surface area contributed by atoms with Crippen molar-refractivity contribution in [1.29, 1.82) is 0 Å². The Morgan fingerprint density at radius 1 is 0.875 bits per heavy atom. The van der Waals surface area contributed by atoms with E-state index in [0.717, 1.165) is 27.7 Å². The van der Waals surface area contributed by atoms with Gasteiger partial charge in [-0.25, -0.2) is 0 Å². The lowest BCUT2D eigenvalue weighted by Crippen LogP contribution is -2.18. The van der Waals surface area contributed by atoms with Crippen LogP contribution >= 0.6 is 11.3 Å². The van der Waals surface area contributed by atoms with Crippen LogP contribution in [0.4, 0.5) is 0 Å². The molecule has 0 amide bonds. The number of fused-ring (bicyclic) bond motifs is 1. The highest BCUT2D eigenvalue weighted by atomic mass is 32.1. The van der Waals surface area contributed by atoms with Crippen molar-refractivity contribution in [3.8, 4) is 16.8 Å². The number of aryl methyl sites for hydroxylation is 2. The monoisotopic (exact) mass is 331 g/mol. The van der Waals surface area contributed by atoms with Gasteiger partial charge in [0.1, 0.15) is 0 Å². The number of pyridine rings is 1. The van der Waals surface area contributed by atoms with E-state index >= 15 is 0 Å². The Morgan fingerprint density at radius 2 is 1.62 bits per heavy atom. The molecule has 0 aliphatic carbocycles. The lowest BCUT2D eigenvalue weighted by atomic mass is 10.0. The van der Waals surface area contributed by atoms with E-state index in [4.69, 9.17) is 0 Å². The summed E-state index contributed by atoms with van der Waals surface area (Å²) in [6.45, 7) is 4.13. The molecule has 24 heavy (non-hydrogen) atoms. The summed E-state index contributed by atoms with van der Waals surface area (Å²) in [7, 11) is 0. The summed E-state index contributed by atoms with van der Waals surface area (Å²) in [5, 5.41) is 5.24. The number of benzene rings is 2. The summed E-state index contributed by atoms with van der Waals surface area (Å²) in [6, 6.07) is 18.2. The molecule has 0 radical (unpaired) electrons. The summed E-state index contributed by atoms with van der Waals surface area (Å²) in [4.78, 5) is 12.9. The van der Waals surface area contributed by atoms with Crippen LogP contribution in [0.3, 0.4) is 0 Å². The van der Waals surface area contributed by atoms with Crippen LogP contribution < -0.4 is 5.56 Å². The first-order valence-corrected chi connectivity index (χ1v) is 8.84. The molecule has 0 N–H and O–H groups in total. The molecule has 4 aromatic rings. The average molecular weight is 331 g/mol. The van der Waals surface area contributed by atoms with Crippen molar-refractivity contribution >= 4 is 22.2 Å². The minimum absolute atomic E-state index is 0.00333. The standard InChI is InChI=1S/C21H17NOS/c1-14-3-6-17(7-4-14)22-20-8-5-15(2)11-19(20)18(12-21(22)23)16-9-10-24-13-16/h3-13H,1-2H3. The molecule has 4 rings (SSSR count). The molecule has 0 aliphatic rings. The van der Waals surface area contributed by atoms with Crippen LogP contribution in [-0.4, -0.2) is 4.57 Å². The minimum Gasteiger partial charge on any atom is -0.277 e. The molecule has 0 saturated carbocycles. The second-order valence-corrected chi connectivity index (χ2v) is 6.88. The molecule has 2 aromatic heterocycles. The van der Waals surface area contributed by atoms with Crippen molar-refractivity contribution < 1.29 is 0 Å². The third-order valence-corrected chi connectivity index (χ3v) is 4.98. The fourth-order valence-corrected chi connectivity index (χ4v) is 3.72. The maximum absolute atomic E-state index is 12.9. The summed E-state index contributed by atoms with van der Waals surface area (Å²) >= 11 is 1.65. The summed E-state index contributed by atoms with van der Waals surface area (Å²) in [5.41, 5.74) is 6.31. The van der Waals surface area contributed by atoms with Gasteiger partial charge in [-0.1, -0.05) is 29.3 Å². The molecular weight excluding hydrogens is 314 g/mol. The van der Waals surface area contributed by atoms with E-state index in [2.05, 4.69) is 30.5 Å². The van der Waals surface area contributed by atoms with E-state index < -0.39 is 0 Å². The maximum atomic E-state index is 12.9. The van der Waals surface area contributed by atoms with E-state index in [1.807, 2.05) is 42.6 Å². The van der Waals surface area contributed by atoms with Crippen molar-refractivity contribution in [2.45, 2.75) is 13.8 Å². The summed E-state index contributed by atoms with van der Waals surface area (Å²) in [5.74, 6) is 0. The van der Waals surface area contributed by atoms with Crippen LogP contribution in [0.15, 0.2) is 70.2 Å². The largest absolute Gasteiger partial charge is 0.277 e. The van der Waals surface area contributed by atoms with E-state index in [9.17, 15) is 4.79 Å². The number of nitrogens with zero attached hydrogens (tertiary/aromatic N) is 1. The van der Waals surface area contributed by atoms with Gasteiger partial charge in [-0.15, -0.1) is 0 Å². The van der Waals surface area contributed by atoms with Gasteiger partial charge in [-0.3, -0.25) is 9.36 Å². The SMILES string of the molecule is Cc1ccc(-n2c(=O)cc(-c3ccsc3)c3cc(C)ccc32)cc1. The first-order valence-electron chi connectivity index (χ1n) is 7.89. The molecular formula is C21H17NOS. The van der Waals surface area contributed by atoms with Gasteiger partial charge >= 0.3 is 0 Å². The molecule has 0 unspecified atom stereocenters. The van der Waals surface area contributed by atoms with Crippen molar-refractivity contribution in [3.05, 3.63) is 86.8 Å². The Bertz CT molecular complexity index is 1070. The second kappa shape index (κ2) is 5.77. The van der Waals surface area contributed by atoms with Gasteiger partial charge in [0.15, 0.2) is 0 Å². The molecule has 2 nitrogen and oxygen atoms in total. The predicted molar refractivity (Wildman–Crippen MR) is 102 cm³/mol. The maximum Gasteiger partial charge on any atom is 0.256 e. The lowest BCUT2D eigenvalue weighted by Gasteiger charge is -2.14. The number of hydrogen-bond donors (Lipinski definition) is 0. The number of hydrogen-bond acceptors (Lipinski definition) is 2. The van der Waals surface area contributed by atoms with Crippen molar-refractivity contribution in [2.75, 3.05) is 0 Å². The van der Waals surface area contributed by atoms with Crippen LogP contribution in [0.5, 0.6) is 0 Å². The molecule has 0 bridgehead atoms. The Balaban J connectivity index is 2.10. The number of thiophene rings is 1. The molecule has 2 aromatic carbocycles. The van der Waals surface area contributed by atoms with Crippen molar-refractivity contribution in [1.82, 2.24) is 4.57 Å². The van der Waals surface area contributed by atoms with Gasteiger partial charge in [0.25, 0.3) is 5.56 Å². The quantitative estimate of drug-likeness (QED) is 0.486. The lowest BCUT2D eigenvalue weighted by molar-refractivity contribution is 1.04. The Morgan fingerprint density at radius 3 is 2.33 bits per heavy atom. The van der Waals surface area contributed by atoms with Crippen molar-refractivity contribution in [3.63, 3.8) is 0 Å². The molecule has 0 atom stereocenters. The van der Waals surface area contributed by atoms with E-state index in [1.165, 1.54) is 11.1 Å². The zero-order valence-corrected chi connectivity index (χ0v) is 14.4. The molecule has 3 heteroatoms. The Labute approximate surface area is 144 Å². The van der Waals surface area contributed by atoms with Gasteiger partial charge in [0.2, 0.25) is 0 Å². The number of rotatable bonds is 2. The van der Waals surface area contributed by atoms with Crippen molar-refractivity contribution in [2.24, 2.45) is 0 Å². The normalized spacial score (nSPS) is 11.1. The fourth-order valence-electron chi connectivity index (χ4n) is 3.06. The Kier molecular flexibility index (Phi) is 3.58. The minimum atomic E-state index is -0.00333. The summed E-state index contributed by atoms with van der Waals surface area (Å²) < 4.78 is 1.80. The molecule has 0 spiro atoms. The average Bonchev–Trinajstić information content (AvgIpc) is 3.10. The van der Waals surface area contributed by atoms with Gasteiger partial charge in [0.05, 0.1) is 5.52 Å². The van der Waals surface area contributed by atoms with Crippen LogP contribution in [0.25, 0.3) is 27.7 Å². The topological polar surface area (TPSA) is 22.0 Å². The van der Waals surface area contributed by atoms with E-state index in [1.54, 1.807) is 22.0 Å². The zero-order valence-electron chi connectivity index (χ0n) is 13.6. The van der Waals surface area contributed by atoms with E-state index in [0.29, 0.717) is 0 Å². The highest BCUT2D eigenvalue weighted by Gasteiger charge is 2.12. The highest BCUT2D eigenvalue weighted by Crippen LogP contribution is 2.30. The molecule has 2 heterocycles. The number of aromatic nitrogens is 1. The first kappa shape index (κ1) is 14.9. The Hall–Kier alpha value is -2.65. The van der Waals surface area contributed by atoms with Crippen LogP contribution in [0.2, 0.25) is 0 Å². The molecule has 0 aliphatic heterocycles. The van der Waals surface area contributed by atoms with Gasteiger partial charge in [0, 0.05) is 17.1 Å². The predicted octanol–water partition coefficient (Wildman–Crippen LogP) is 5.34. The van der Waals surface area contributed by atoms with Gasteiger partial charge in [-0.05, 0) is 66.1 Å². The zero-order chi connectivity index (χ0) is 16.7. The molecule has 0 fully saturated rings. The highest BCUT2D eigenvalue weighted by molar-refractivity contribution is 7.08. The van der Waals surface area contributed by atoms with Crippen LogP contribution in [0, 0.1) is 13.8 Å². The van der Waals surface area contributed by atoms with Gasteiger partial charge < -0.3 is 0 Å². The molecule has 0 saturated heterocycles. The third-order valence-electron chi connectivity index (χ3n) is 4.30. The van der Waals surface area contributed by atoms with Crippen LogP contribution in [-0.2, 0) is 0 Å². The third kappa shape index (κ3) is 2.47. The molecule has 118 valence electrons. The first-order chi connectivity index (χ1) is 11.6. The fraction of sp³-hybridized carbons (Fsp3) is 0.0952. The smallest absolute Gasteiger partial charge is 0.256 e.